The number of para-hydroxylation sites is 1. The Balaban J connectivity index is 1.74. The number of carboxylic acid groups (broad SMARTS) is 1. The van der Waals surface area contributed by atoms with Crippen molar-refractivity contribution < 1.29 is 9.90 Å². The molecule has 3 N–H and O–H groups in total. The fourth-order valence-electron chi connectivity index (χ4n) is 2.98. The van der Waals surface area contributed by atoms with Crippen LogP contribution < -0.4 is 5.73 Å². The minimum atomic E-state index is -0.960. The predicted octanol–water partition coefficient (Wildman–Crippen LogP) is 4.24. The van der Waals surface area contributed by atoms with Gasteiger partial charge in [0.05, 0.1) is 23.2 Å². The number of thioether (sulfide) groups is 1. The summed E-state index contributed by atoms with van der Waals surface area (Å²) in [6.07, 6.45) is 6.92. The third-order valence-corrected chi connectivity index (χ3v) is 7.25. The fourth-order valence-corrected chi connectivity index (χ4v) is 5.21. The zero-order valence-corrected chi connectivity index (χ0v) is 21.7. The van der Waals surface area contributed by atoms with Crippen LogP contribution >= 0.6 is 23.1 Å². The molecule has 186 valence electrons. The lowest BCUT2D eigenvalue weighted by Gasteiger charge is -2.23. The quantitative estimate of drug-likeness (QED) is 0.205. The first kappa shape index (κ1) is 26.7. The van der Waals surface area contributed by atoms with Crippen molar-refractivity contribution in [3.63, 3.8) is 0 Å². The number of aliphatic carboxylic acids is 1. The topological polar surface area (TPSA) is 133 Å². The number of nitriles is 1. The second-order valence-electron chi connectivity index (χ2n) is 8.23. The highest BCUT2D eigenvalue weighted by atomic mass is 32.2. The van der Waals surface area contributed by atoms with Gasteiger partial charge in [0.15, 0.2) is 4.34 Å². The van der Waals surface area contributed by atoms with Gasteiger partial charge >= 0.3 is 5.97 Å². The van der Waals surface area contributed by atoms with E-state index in [-0.39, 0.29) is 5.57 Å². The van der Waals surface area contributed by atoms with Gasteiger partial charge in [-0.25, -0.2) is 14.7 Å². The molecule has 0 saturated carbocycles. The average Bonchev–Trinajstić information content (AvgIpc) is 3.52. The normalized spacial score (nSPS) is 12.0. The maximum Gasteiger partial charge on any atom is 0.319 e. The van der Waals surface area contributed by atoms with Gasteiger partial charge in [-0.15, -0.1) is 11.3 Å². The molecule has 3 rings (SSSR count). The summed E-state index contributed by atoms with van der Waals surface area (Å²) in [4.78, 5) is 22.3. The van der Waals surface area contributed by atoms with E-state index in [4.69, 9.17) is 11.0 Å². The molecule has 0 aliphatic rings. The summed E-state index contributed by atoms with van der Waals surface area (Å²) in [5.41, 5.74) is 8.45. The van der Waals surface area contributed by atoms with Crippen LogP contribution in [-0.2, 0) is 17.8 Å². The number of carboxylic acids is 1. The van der Waals surface area contributed by atoms with E-state index in [0.29, 0.717) is 29.7 Å². The predicted molar refractivity (Wildman–Crippen MR) is 143 cm³/mol. The third-order valence-electron chi connectivity index (χ3n) is 5.08. The molecular formula is C25H27N7O2S2. The van der Waals surface area contributed by atoms with Crippen molar-refractivity contribution in [2.45, 2.75) is 35.9 Å². The molecule has 0 aliphatic carbocycles. The van der Waals surface area contributed by atoms with Gasteiger partial charge in [-0.05, 0) is 26.0 Å². The van der Waals surface area contributed by atoms with E-state index in [1.54, 1.807) is 24.7 Å². The van der Waals surface area contributed by atoms with Crippen molar-refractivity contribution in [2.24, 2.45) is 10.7 Å². The molecule has 9 nitrogen and oxygen atoms in total. The van der Waals surface area contributed by atoms with E-state index in [0.717, 1.165) is 16.9 Å². The molecule has 3 aromatic rings. The Hall–Kier alpha value is -3.88. The minimum absolute atomic E-state index is 0.232. The third kappa shape index (κ3) is 7.31. The number of allylic oxidation sites excluding steroid dienone is 1. The minimum Gasteiger partial charge on any atom is -0.480 e. The molecule has 0 atom stereocenters. The second kappa shape index (κ2) is 12.2. The molecule has 1 aromatic carbocycles. The number of benzene rings is 1. The van der Waals surface area contributed by atoms with E-state index in [1.165, 1.54) is 35.5 Å². The Morgan fingerprint density at radius 1 is 1.42 bits per heavy atom. The number of hydrogen-bond acceptors (Lipinski definition) is 9. The van der Waals surface area contributed by atoms with Crippen molar-refractivity contribution in [3.8, 4) is 11.8 Å². The lowest BCUT2D eigenvalue weighted by atomic mass is 10.2. The van der Waals surface area contributed by atoms with E-state index >= 15 is 0 Å². The standard InChI is InChI=1S/C25H27N7O2S2/c1-18(28-13-19(11-26)12-27)31(15-20-14-29-32(16-20)22-7-5-4-6-8-22)10-9-21-17-35-24(30-21)36-25(2,3)23(33)34/h4-8,11,13-14,16-17H,1,9-10,15,26H2,2-3H3,(H,33,34)/b19-11-,28-13?. The highest BCUT2D eigenvalue weighted by molar-refractivity contribution is 8.03. The van der Waals surface area contributed by atoms with Gasteiger partial charge in [0.25, 0.3) is 0 Å². The number of nitrogens with zero attached hydrogens (tertiary/aromatic N) is 6. The van der Waals surface area contributed by atoms with Crippen molar-refractivity contribution in [1.29, 1.82) is 5.26 Å². The summed E-state index contributed by atoms with van der Waals surface area (Å²) in [6, 6.07) is 11.8. The van der Waals surface area contributed by atoms with Crippen LogP contribution in [0.25, 0.3) is 5.69 Å². The van der Waals surface area contributed by atoms with E-state index < -0.39 is 10.7 Å². The molecule has 0 unspecified atom stereocenters. The molecule has 2 aromatic heterocycles. The van der Waals surface area contributed by atoms with E-state index in [1.807, 2.05) is 52.9 Å². The summed E-state index contributed by atoms with van der Waals surface area (Å²) in [5.74, 6) is -0.419. The van der Waals surface area contributed by atoms with Crippen LogP contribution in [0, 0.1) is 11.3 Å². The van der Waals surface area contributed by atoms with Crippen molar-refractivity contribution >= 4 is 35.3 Å². The van der Waals surface area contributed by atoms with E-state index in [2.05, 4.69) is 21.7 Å². The second-order valence-corrected chi connectivity index (χ2v) is 11.0. The number of nitrogens with two attached hydrogens (primary N) is 1. The molecule has 2 heterocycles. The Morgan fingerprint density at radius 3 is 2.83 bits per heavy atom. The van der Waals surface area contributed by atoms with Crippen LogP contribution in [0.3, 0.4) is 0 Å². The van der Waals surface area contributed by atoms with Crippen molar-refractivity contribution in [2.75, 3.05) is 6.54 Å². The van der Waals surface area contributed by atoms with Crippen LogP contribution in [0.2, 0.25) is 0 Å². The number of rotatable bonds is 12. The summed E-state index contributed by atoms with van der Waals surface area (Å²) in [5, 5.41) is 24.9. The van der Waals surface area contributed by atoms with Crippen molar-refractivity contribution in [1.82, 2.24) is 19.7 Å². The number of thiazole rings is 1. The Bertz CT molecular complexity index is 1300. The molecule has 0 bridgehead atoms. The highest BCUT2D eigenvalue weighted by Crippen LogP contribution is 2.34. The molecule has 0 spiro atoms. The molecule has 0 aliphatic heterocycles. The SMILES string of the molecule is C=C(N=C/C(C#N)=C\N)N(CCc1csc(SC(C)(C)C(=O)O)n1)Cc1cnn(-c2ccccc2)c1. The zero-order valence-electron chi connectivity index (χ0n) is 20.0. The maximum absolute atomic E-state index is 11.4. The first-order valence-electron chi connectivity index (χ1n) is 11.0. The van der Waals surface area contributed by atoms with Crippen LogP contribution in [-0.4, -0.2) is 48.2 Å². The zero-order chi connectivity index (χ0) is 26.1. The lowest BCUT2D eigenvalue weighted by molar-refractivity contribution is -0.138. The lowest BCUT2D eigenvalue weighted by Crippen LogP contribution is -2.26. The smallest absolute Gasteiger partial charge is 0.319 e. The molecule has 36 heavy (non-hydrogen) atoms. The summed E-state index contributed by atoms with van der Waals surface area (Å²) < 4.78 is 1.55. The van der Waals surface area contributed by atoms with Crippen molar-refractivity contribution in [3.05, 3.63) is 83.5 Å². The molecule has 0 amide bonds. The Morgan fingerprint density at radius 2 is 2.17 bits per heavy atom. The van der Waals surface area contributed by atoms with Crippen LogP contribution in [0.1, 0.15) is 25.1 Å². The van der Waals surface area contributed by atoms with Gasteiger partial charge in [0.2, 0.25) is 0 Å². The monoisotopic (exact) mass is 521 g/mol. The molecule has 0 saturated heterocycles. The van der Waals surface area contributed by atoms with Gasteiger partial charge in [0.1, 0.15) is 16.6 Å². The van der Waals surface area contributed by atoms with E-state index in [9.17, 15) is 9.90 Å². The summed E-state index contributed by atoms with van der Waals surface area (Å²) >= 11 is 2.65. The molecule has 11 heteroatoms. The number of hydrogen-bond donors (Lipinski definition) is 2. The van der Waals surface area contributed by atoms with Crippen LogP contribution in [0.15, 0.2) is 81.6 Å². The van der Waals surface area contributed by atoms with Gasteiger partial charge in [0, 0.05) is 49.1 Å². The van der Waals surface area contributed by atoms with Gasteiger partial charge in [-0.3, -0.25) is 4.79 Å². The average molecular weight is 522 g/mol. The summed E-state index contributed by atoms with van der Waals surface area (Å²) in [6.45, 7) is 8.44. The largest absolute Gasteiger partial charge is 0.480 e. The Kier molecular flexibility index (Phi) is 9.05. The summed E-state index contributed by atoms with van der Waals surface area (Å²) in [7, 11) is 0. The van der Waals surface area contributed by atoms with Crippen LogP contribution in [0.4, 0.5) is 0 Å². The van der Waals surface area contributed by atoms with Gasteiger partial charge in [-0.1, -0.05) is 36.5 Å². The van der Waals surface area contributed by atoms with Crippen LogP contribution in [0.5, 0.6) is 0 Å². The first-order chi connectivity index (χ1) is 17.2. The molecule has 0 radical (unpaired) electrons. The number of aromatic nitrogens is 3. The maximum atomic E-state index is 11.4. The van der Waals surface area contributed by atoms with Gasteiger partial charge in [-0.2, -0.15) is 10.4 Å². The first-order valence-corrected chi connectivity index (χ1v) is 12.7. The molecular weight excluding hydrogens is 494 g/mol. The molecule has 0 fully saturated rings. The Labute approximate surface area is 218 Å². The highest BCUT2D eigenvalue weighted by Gasteiger charge is 2.29. The number of aliphatic imine (C=N–C) groups is 1. The van der Waals surface area contributed by atoms with Gasteiger partial charge < -0.3 is 15.7 Å². The fraction of sp³-hybridized carbons (Fsp3) is 0.240. The number of carbonyl (C=O) groups is 1.